The third kappa shape index (κ3) is 9.01. The van der Waals surface area contributed by atoms with Crippen LogP contribution in [0.3, 0.4) is 0 Å². The predicted molar refractivity (Wildman–Crippen MR) is 125 cm³/mol. The molecule has 1 aromatic rings. The third-order valence-electron chi connectivity index (χ3n) is 4.55. The van der Waals surface area contributed by atoms with Crippen LogP contribution in [0.1, 0.15) is 46.6 Å². The van der Waals surface area contributed by atoms with Gasteiger partial charge in [0.15, 0.2) is 5.31 Å². The molecule has 0 aliphatic rings. The van der Waals surface area contributed by atoms with Crippen molar-refractivity contribution in [2.24, 2.45) is 5.92 Å². The molecule has 0 aromatic heterocycles. The minimum atomic E-state index is -4.11. The molecular weight excluding hydrogens is 445 g/mol. The summed E-state index contributed by atoms with van der Waals surface area (Å²) in [7, 11) is -4.11. The van der Waals surface area contributed by atoms with E-state index in [4.69, 9.17) is 9.05 Å². The Balaban J connectivity index is 3.44. The average molecular weight is 480 g/mol. The van der Waals surface area contributed by atoms with Gasteiger partial charge >= 0.3 is 7.60 Å². The minimum Gasteiger partial charge on any atom is -0.508 e. The standard InChI is InChI=1S/C23H34N3O6P/c1-6-31-33(30,32-7-2)21(15-24)22(28)19(14-18-11-9-8-10-12-18)26-23(29)20(13-16(3)4)25-17(5)27/h8-12,16,19-20,28H,6-7,13-14H2,1-5H3,(H,25,27)(H,26,29)/b22-21-/t19-,20?/m0/s1. The molecule has 1 unspecified atom stereocenters. The molecule has 0 heterocycles. The number of rotatable bonds is 13. The second-order valence-electron chi connectivity index (χ2n) is 7.81. The number of nitrogens with one attached hydrogen (secondary N) is 2. The van der Waals surface area contributed by atoms with Crippen molar-refractivity contribution in [2.75, 3.05) is 13.2 Å². The molecule has 0 aliphatic carbocycles. The van der Waals surface area contributed by atoms with Crippen LogP contribution in [0.5, 0.6) is 0 Å². The second-order valence-corrected chi connectivity index (χ2v) is 9.77. The number of carbonyl (C=O) groups is 2. The fourth-order valence-corrected chi connectivity index (χ4v) is 4.79. The van der Waals surface area contributed by atoms with Crippen molar-refractivity contribution in [3.63, 3.8) is 0 Å². The monoisotopic (exact) mass is 479 g/mol. The molecule has 0 radical (unpaired) electrons. The number of benzene rings is 1. The molecular formula is C23H34N3O6P. The SMILES string of the molecule is CCOP(=O)(OCC)/C(C#N)=C(\O)[C@H](Cc1ccccc1)NC(=O)C(CC(C)C)NC(C)=O. The minimum absolute atomic E-state index is 0.00948. The van der Waals surface area contributed by atoms with E-state index < -0.39 is 36.7 Å². The van der Waals surface area contributed by atoms with Crippen molar-refractivity contribution in [3.8, 4) is 6.07 Å². The summed E-state index contributed by atoms with van der Waals surface area (Å²) in [4.78, 5) is 24.7. The van der Waals surface area contributed by atoms with Gasteiger partial charge in [-0.2, -0.15) is 5.26 Å². The van der Waals surface area contributed by atoms with Gasteiger partial charge in [-0.05, 0) is 38.2 Å². The fraction of sp³-hybridized carbons (Fsp3) is 0.522. The number of nitrogens with zero attached hydrogens (tertiary/aromatic N) is 1. The Morgan fingerprint density at radius 3 is 2.12 bits per heavy atom. The molecule has 3 N–H and O–H groups in total. The molecule has 0 spiro atoms. The van der Waals surface area contributed by atoms with Crippen molar-refractivity contribution >= 4 is 19.4 Å². The predicted octanol–water partition coefficient (Wildman–Crippen LogP) is 3.82. The van der Waals surface area contributed by atoms with E-state index in [0.29, 0.717) is 6.42 Å². The second kappa shape index (κ2) is 13.8. The van der Waals surface area contributed by atoms with E-state index in [1.807, 2.05) is 19.9 Å². The number of amides is 2. The summed E-state index contributed by atoms with van der Waals surface area (Å²) in [6, 6.07) is 8.79. The van der Waals surface area contributed by atoms with E-state index in [1.54, 1.807) is 44.2 Å². The van der Waals surface area contributed by atoms with Gasteiger partial charge < -0.3 is 24.8 Å². The Labute approximate surface area is 195 Å². The normalized spacial score (nSPS) is 14.1. The zero-order valence-electron chi connectivity index (χ0n) is 19.8. The van der Waals surface area contributed by atoms with Crippen LogP contribution < -0.4 is 10.6 Å². The van der Waals surface area contributed by atoms with Crippen molar-refractivity contribution in [3.05, 3.63) is 47.0 Å². The van der Waals surface area contributed by atoms with Gasteiger partial charge in [0.25, 0.3) is 0 Å². The Morgan fingerprint density at radius 2 is 1.67 bits per heavy atom. The summed E-state index contributed by atoms with van der Waals surface area (Å²) in [5.74, 6) is -1.41. The molecule has 0 saturated heterocycles. The van der Waals surface area contributed by atoms with Crippen molar-refractivity contribution in [1.29, 1.82) is 5.26 Å². The molecule has 2 amide bonds. The number of carbonyl (C=O) groups excluding carboxylic acids is 2. The maximum atomic E-state index is 13.2. The van der Waals surface area contributed by atoms with Gasteiger partial charge in [0, 0.05) is 6.92 Å². The summed E-state index contributed by atoms with van der Waals surface area (Å²) in [6.45, 7) is 8.29. The first-order valence-electron chi connectivity index (χ1n) is 10.9. The molecule has 182 valence electrons. The lowest BCUT2D eigenvalue weighted by molar-refractivity contribution is -0.128. The van der Waals surface area contributed by atoms with Gasteiger partial charge in [0.1, 0.15) is 17.9 Å². The van der Waals surface area contributed by atoms with E-state index in [0.717, 1.165) is 5.56 Å². The first-order chi connectivity index (χ1) is 15.6. The highest BCUT2D eigenvalue weighted by Crippen LogP contribution is 2.56. The van der Waals surface area contributed by atoms with Gasteiger partial charge in [-0.3, -0.25) is 14.2 Å². The quantitative estimate of drug-likeness (QED) is 0.222. The van der Waals surface area contributed by atoms with E-state index >= 15 is 0 Å². The summed E-state index contributed by atoms with van der Waals surface area (Å²) < 4.78 is 23.6. The van der Waals surface area contributed by atoms with Crippen LogP contribution >= 0.6 is 7.60 Å². The molecule has 9 nitrogen and oxygen atoms in total. The topological polar surface area (TPSA) is 138 Å². The van der Waals surface area contributed by atoms with Gasteiger partial charge in [0.2, 0.25) is 11.8 Å². The highest BCUT2D eigenvalue weighted by atomic mass is 31.2. The van der Waals surface area contributed by atoms with Gasteiger partial charge in [0.05, 0.1) is 19.3 Å². The van der Waals surface area contributed by atoms with Crippen LogP contribution in [0.2, 0.25) is 0 Å². The number of allylic oxidation sites excluding steroid dienone is 1. The van der Waals surface area contributed by atoms with E-state index in [9.17, 15) is 24.5 Å². The summed E-state index contributed by atoms with van der Waals surface area (Å²) in [5, 5.41) is 25.5. The molecule has 1 rings (SSSR count). The molecule has 1 aromatic carbocycles. The Morgan fingerprint density at radius 1 is 1.09 bits per heavy atom. The number of hydrogen-bond acceptors (Lipinski definition) is 7. The van der Waals surface area contributed by atoms with Crippen LogP contribution in [-0.4, -0.2) is 42.2 Å². The van der Waals surface area contributed by atoms with Gasteiger partial charge in [-0.15, -0.1) is 0 Å². The van der Waals surface area contributed by atoms with Crippen molar-refractivity contribution in [2.45, 2.75) is 59.5 Å². The van der Waals surface area contributed by atoms with Crippen LogP contribution in [0.25, 0.3) is 0 Å². The zero-order chi connectivity index (χ0) is 25.0. The largest absolute Gasteiger partial charge is 0.508 e. The third-order valence-corrected chi connectivity index (χ3v) is 6.62. The fourth-order valence-electron chi connectivity index (χ4n) is 3.22. The molecule has 2 atom stereocenters. The molecule has 10 heteroatoms. The number of aliphatic hydroxyl groups is 1. The first-order valence-corrected chi connectivity index (χ1v) is 12.5. The molecule has 0 aliphatic heterocycles. The molecule has 33 heavy (non-hydrogen) atoms. The highest BCUT2D eigenvalue weighted by Gasteiger charge is 2.37. The molecule has 0 fully saturated rings. The van der Waals surface area contributed by atoms with Crippen molar-refractivity contribution < 1.29 is 28.3 Å². The van der Waals surface area contributed by atoms with Crippen LogP contribution in [0.15, 0.2) is 41.4 Å². The number of nitriles is 1. The maximum absolute atomic E-state index is 13.2. The zero-order valence-corrected chi connectivity index (χ0v) is 20.7. The van der Waals surface area contributed by atoms with Crippen LogP contribution in [-0.2, 0) is 29.6 Å². The molecule has 0 saturated carbocycles. The summed E-state index contributed by atoms with van der Waals surface area (Å²) in [5.41, 5.74) is 0.759. The lowest BCUT2D eigenvalue weighted by atomic mass is 10.0. The van der Waals surface area contributed by atoms with E-state index in [1.165, 1.54) is 6.92 Å². The summed E-state index contributed by atoms with van der Waals surface area (Å²) >= 11 is 0. The first kappa shape index (κ1) is 28.4. The Hall–Kier alpha value is -2.66. The van der Waals surface area contributed by atoms with Crippen LogP contribution in [0.4, 0.5) is 0 Å². The highest BCUT2D eigenvalue weighted by molar-refractivity contribution is 7.58. The lowest BCUT2D eigenvalue weighted by Crippen LogP contribution is -2.50. The number of hydrogen-bond donors (Lipinski definition) is 3. The van der Waals surface area contributed by atoms with E-state index in [2.05, 4.69) is 10.6 Å². The van der Waals surface area contributed by atoms with Crippen LogP contribution in [0, 0.1) is 17.2 Å². The molecule has 0 bridgehead atoms. The Bertz CT molecular complexity index is 901. The smallest absolute Gasteiger partial charge is 0.375 e. The average Bonchev–Trinajstić information content (AvgIpc) is 2.73. The number of aliphatic hydroxyl groups excluding tert-OH is 1. The van der Waals surface area contributed by atoms with E-state index in [-0.39, 0.29) is 31.5 Å². The summed E-state index contributed by atoms with van der Waals surface area (Å²) in [6.07, 6.45) is 0.478. The Kier molecular flexibility index (Phi) is 11.9. The van der Waals surface area contributed by atoms with Gasteiger partial charge in [-0.25, -0.2) is 0 Å². The van der Waals surface area contributed by atoms with Crippen molar-refractivity contribution in [1.82, 2.24) is 10.6 Å². The maximum Gasteiger partial charge on any atom is 0.375 e. The lowest BCUT2D eigenvalue weighted by Gasteiger charge is -2.25. The van der Waals surface area contributed by atoms with Gasteiger partial charge in [-0.1, -0.05) is 44.2 Å².